The zero-order valence-corrected chi connectivity index (χ0v) is 12.6. The summed E-state index contributed by atoms with van der Waals surface area (Å²) in [6.07, 6.45) is 1.82. The summed E-state index contributed by atoms with van der Waals surface area (Å²) < 4.78 is 14.8. The maximum absolute atomic E-state index is 13.0. The van der Waals surface area contributed by atoms with E-state index in [-0.39, 0.29) is 11.4 Å². The average Bonchev–Trinajstić information content (AvgIpc) is 3.10. The molecule has 4 rings (SSSR count). The SMILES string of the molecule is O=c1/c(=C\c2ccccc2)sc2nc(-c3ccc(F)cc3)nn12. The summed E-state index contributed by atoms with van der Waals surface area (Å²) in [5, 5.41) is 4.24. The Hall–Kier alpha value is -2.86. The van der Waals surface area contributed by atoms with Crippen molar-refractivity contribution in [3.05, 3.63) is 80.9 Å². The molecule has 0 aliphatic heterocycles. The lowest BCUT2D eigenvalue weighted by Crippen LogP contribution is -2.23. The van der Waals surface area contributed by atoms with Crippen molar-refractivity contribution in [1.29, 1.82) is 0 Å². The van der Waals surface area contributed by atoms with E-state index in [1.165, 1.54) is 28.0 Å². The lowest BCUT2D eigenvalue weighted by molar-refractivity contribution is 0.628. The predicted molar refractivity (Wildman–Crippen MR) is 87.8 cm³/mol. The number of hydrogen-bond donors (Lipinski definition) is 0. The van der Waals surface area contributed by atoms with Crippen molar-refractivity contribution in [2.24, 2.45) is 0 Å². The molecule has 0 saturated carbocycles. The molecule has 2 aromatic carbocycles. The first-order valence-corrected chi connectivity index (χ1v) is 7.75. The van der Waals surface area contributed by atoms with Crippen molar-refractivity contribution in [2.75, 3.05) is 0 Å². The van der Waals surface area contributed by atoms with Gasteiger partial charge in [-0.3, -0.25) is 4.79 Å². The largest absolute Gasteiger partial charge is 0.291 e. The molecule has 0 N–H and O–H groups in total. The minimum atomic E-state index is -0.320. The summed E-state index contributed by atoms with van der Waals surface area (Å²) in [7, 11) is 0. The van der Waals surface area contributed by atoms with Crippen LogP contribution in [0.15, 0.2) is 59.4 Å². The van der Waals surface area contributed by atoms with Gasteiger partial charge in [0.25, 0.3) is 5.56 Å². The maximum atomic E-state index is 13.0. The van der Waals surface area contributed by atoms with Gasteiger partial charge in [0.15, 0.2) is 5.82 Å². The molecule has 0 aliphatic carbocycles. The summed E-state index contributed by atoms with van der Waals surface area (Å²) in [6, 6.07) is 15.5. The van der Waals surface area contributed by atoms with Crippen molar-refractivity contribution in [1.82, 2.24) is 14.6 Å². The predicted octanol–water partition coefficient (Wildman–Crippen LogP) is 2.50. The zero-order valence-electron chi connectivity index (χ0n) is 11.8. The van der Waals surface area contributed by atoms with Crippen LogP contribution in [-0.4, -0.2) is 14.6 Å². The lowest BCUT2D eigenvalue weighted by atomic mass is 10.2. The van der Waals surface area contributed by atoms with E-state index < -0.39 is 0 Å². The van der Waals surface area contributed by atoms with Crippen LogP contribution in [-0.2, 0) is 0 Å². The number of thiazole rings is 1. The Morgan fingerprint density at radius 2 is 1.78 bits per heavy atom. The molecule has 2 heterocycles. The molecule has 0 bridgehead atoms. The molecule has 112 valence electrons. The maximum Gasteiger partial charge on any atom is 0.291 e. The smallest absolute Gasteiger partial charge is 0.266 e. The molecule has 23 heavy (non-hydrogen) atoms. The Balaban J connectivity index is 1.82. The van der Waals surface area contributed by atoms with Crippen LogP contribution in [0.25, 0.3) is 22.4 Å². The Morgan fingerprint density at radius 1 is 1.04 bits per heavy atom. The molecule has 0 atom stereocenters. The molecule has 0 amide bonds. The van der Waals surface area contributed by atoms with Gasteiger partial charge in [-0.2, -0.15) is 9.50 Å². The topological polar surface area (TPSA) is 47.3 Å². The van der Waals surface area contributed by atoms with E-state index in [2.05, 4.69) is 10.1 Å². The molecular weight excluding hydrogens is 313 g/mol. The van der Waals surface area contributed by atoms with Gasteiger partial charge in [-0.05, 0) is 35.9 Å². The van der Waals surface area contributed by atoms with Gasteiger partial charge in [0.05, 0.1) is 4.53 Å². The van der Waals surface area contributed by atoms with Crippen LogP contribution >= 0.6 is 11.3 Å². The van der Waals surface area contributed by atoms with E-state index in [1.807, 2.05) is 36.4 Å². The van der Waals surface area contributed by atoms with E-state index in [0.29, 0.717) is 20.9 Å². The molecule has 4 aromatic rings. The Morgan fingerprint density at radius 3 is 2.48 bits per heavy atom. The first-order chi connectivity index (χ1) is 11.2. The number of hydrogen-bond acceptors (Lipinski definition) is 4. The van der Waals surface area contributed by atoms with Crippen LogP contribution in [0.4, 0.5) is 4.39 Å². The summed E-state index contributed by atoms with van der Waals surface area (Å²) >= 11 is 1.28. The quantitative estimate of drug-likeness (QED) is 0.569. The summed E-state index contributed by atoms with van der Waals surface area (Å²) in [4.78, 5) is 17.3. The first-order valence-electron chi connectivity index (χ1n) is 6.93. The molecule has 0 radical (unpaired) electrons. The number of nitrogens with zero attached hydrogens (tertiary/aromatic N) is 3. The molecule has 4 nitrogen and oxygen atoms in total. The summed E-state index contributed by atoms with van der Waals surface area (Å²) in [5.41, 5.74) is 1.43. The van der Waals surface area contributed by atoms with Crippen LogP contribution < -0.4 is 10.1 Å². The third kappa shape index (κ3) is 2.53. The molecule has 2 aromatic heterocycles. The molecule has 0 unspecified atom stereocenters. The van der Waals surface area contributed by atoms with Crippen molar-refractivity contribution in [3.8, 4) is 11.4 Å². The van der Waals surface area contributed by atoms with Gasteiger partial charge in [-0.15, -0.1) is 5.10 Å². The van der Waals surface area contributed by atoms with Crippen molar-refractivity contribution >= 4 is 22.4 Å². The highest BCUT2D eigenvalue weighted by atomic mass is 32.1. The summed E-state index contributed by atoms with van der Waals surface area (Å²) in [6.45, 7) is 0. The van der Waals surface area contributed by atoms with Gasteiger partial charge in [-0.25, -0.2) is 4.39 Å². The Labute approximate surface area is 134 Å². The Bertz CT molecular complexity index is 1080. The fraction of sp³-hybridized carbons (Fsp3) is 0. The molecular formula is C17H10FN3OS. The molecule has 0 spiro atoms. The number of fused-ring (bicyclic) bond motifs is 1. The van der Waals surface area contributed by atoms with Crippen molar-refractivity contribution in [2.45, 2.75) is 0 Å². The second-order valence-corrected chi connectivity index (χ2v) is 5.97. The number of aromatic nitrogens is 3. The van der Waals surface area contributed by atoms with Crippen LogP contribution in [0.3, 0.4) is 0 Å². The third-order valence-electron chi connectivity index (χ3n) is 3.38. The highest BCUT2D eigenvalue weighted by molar-refractivity contribution is 7.15. The first kappa shape index (κ1) is 13.8. The van der Waals surface area contributed by atoms with Gasteiger partial charge < -0.3 is 0 Å². The highest BCUT2D eigenvalue weighted by Gasteiger charge is 2.11. The van der Waals surface area contributed by atoms with Gasteiger partial charge >= 0.3 is 0 Å². The van der Waals surface area contributed by atoms with E-state index in [1.54, 1.807) is 12.1 Å². The van der Waals surface area contributed by atoms with Gasteiger partial charge in [0, 0.05) is 5.56 Å². The Kier molecular flexibility index (Phi) is 3.24. The molecule has 0 fully saturated rings. The van der Waals surface area contributed by atoms with E-state index >= 15 is 0 Å². The van der Waals surface area contributed by atoms with E-state index in [4.69, 9.17) is 0 Å². The standard InChI is InChI=1S/C17H10FN3OS/c18-13-8-6-12(7-9-13)15-19-17-21(20-15)16(22)14(23-17)10-11-4-2-1-3-5-11/h1-10H/b14-10+. The normalized spacial score (nSPS) is 12.1. The van der Waals surface area contributed by atoms with Crippen molar-refractivity contribution < 1.29 is 4.39 Å². The number of benzene rings is 2. The highest BCUT2D eigenvalue weighted by Crippen LogP contribution is 2.16. The third-order valence-corrected chi connectivity index (χ3v) is 4.34. The van der Waals surface area contributed by atoms with Gasteiger partial charge in [0.1, 0.15) is 5.82 Å². The second kappa shape index (κ2) is 5.40. The van der Waals surface area contributed by atoms with Crippen LogP contribution in [0.1, 0.15) is 5.56 Å². The average molecular weight is 323 g/mol. The zero-order chi connectivity index (χ0) is 15.8. The monoisotopic (exact) mass is 323 g/mol. The number of rotatable bonds is 2. The lowest BCUT2D eigenvalue weighted by Gasteiger charge is -1.93. The minimum absolute atomic E-state index is 0.199. The second-order valence-electron chi connectivity index (χ2n) is 4.96. The van der Waals surface area contributed by atoms with Gasteiger partial charge in [0.2, 0.25) is 4.96 Å². The van der Waals surface area contributed by atoms with Crippen LogP contribution in [0.2, 0.25) is 0 Å². The van der Waals surface area contributed by atoms with Gasteiger partial charge in [-0.1, -0.05) is 41.7 Å². The van der Waals surface area contributed by atoms with Crippen LogP contribution in [0.5, 0.6) is 0 Å². The molecule has 0 saturated heterocycles. The summed E-state index contributed by atoms with van der Waals surface area (Å²) in [5.74, 6) is 0.0960. The fourth-order valence-electron chi connectivity index (χ4n) is 2.26. The van der Waals surface area contributed by atoms with Crippen LogP contribution in [0, 0.1) is 5.82 Å². The van der Waals surface area contributed by atoms with E-state index in [9.17, 15) is 9.18 Å². The fourth-order valence-corrected chi connectivity index (χ4v) is 3.16. The molecule has 6 heteroatoms. The van der Waals surface area contributed by atoms with E-state index in [0.717, 1.165) is 5.56 Å². The van der Waals surface area contributed by atoms with Crippen molar-refractivity contribution in [3.63, 3.8) is 0 Å². The minimum Gasteiger partial charge on any atom is -0.266 e. The number of halogens is 1. The molecule has 0 aliphatic rings.